The summed E-state index contributed by atoms with van der Waals surface area (Å²) >= 11 is 0. The summed E-state index contributed by atoms with van der Waals surface area (Å²) in [6.07, 6.45) is 0.673. The maximum Gasteiger partial charge on any atom is 0.244 e. The Hall–Kier alpha value is -2.70. The van der Waals surface area contributed by atoms with Crippen molar-refractivity contribution in [3.63, 3.8) is 0 Å². The molecule has 0 aliphatic carbocycles. The van der Waals surface area contributed by atoms with Gasteiger partial charge in [0.1, 0.15) is 11.5 Å². The first-order valence-corrected chi connectivity index (χ1v) is 9.34. The van der Waals surface area contributed by atoms with Crippen LogP contribution in [-0.4, -0.2) is 52.9 Å². The van der Waals surface area contributed by atoms with Crippen LogP contribution in [-0.2, 0) is 16.1 Å². The van der Waals surface area contributed by atoms with Crippen LogP contribution in [0.1, 0.15) is 18.4 Å². The smallest absolute Gasteiger partial charge is 0.244 e. The van der Waals surface area contributed by atoms with Crippen molar-refractivity contribution in [1.29, 1.82) is 0 Å². The minimum atomic E-state index is -0.0740. The molecule has 2 aromatic carbocycles. The molecule has 6 heteroatoms. The van der Waals surface area contributed by atoms with Gasteiger partial charge in [0.2, 0.25) is 11.8 Å². The van der Waals surface area contributed by atoms with Crippen molar-refractivity contribution in [2.75, 3.05) is 26.2 Å². The van der Waals surface area contributed by atoms with Gasteiger partial charge in [0, 0.05) is 51.1 Å². The Morgan fingerprint density at radius 2 is 1.41 bits per heavy atom. The Bertz CT molecular complexity index is 800. The van der Waals surface area contributed by atoms with E-state index in [9.17, 15) is 9.59 Å². The lowest BCUT2D eigenvalue weighted by Gasteiger charge is -2.38. The number of nitrogens with zero attached hydrogens (tertiary/aromatic N) is 3. The molecule has 2 aliphatic heterocycles. The number of hydrogen-bond donors (Lipinski definition) is 0. The fraction of sp³-hybridized carbons (Fsp3) is 0.333. The van der Waals surface area contributed by atoms with E-state index in [-0.39, 0.29) is 11.8 Å². The highest BCUT2D eigenvalue weighted by atomic mass is 16.5. The number of hydrogen-bond acceptors (Lipinski definition) is 5. The summed E-state index contributed by atoms with van der Waals surface area (Å²) in [7, 11) is 0. The highest BCUT2D eigenvalue weighted by Gasteiger charge is 2.35. The van der Waals surface area contributed by atoms with Gasteiger partial charge in [0.15, 0.2) is 0 Å². The van der Waals surface area contributed by atoms with Crippen LogP contribution in [0, 0.1) is 0 Å². The second-order valence-electron chi connectivity index (χ2n) is 6.85. The molecule has 2 fully saturated rings. The van der Waals surface area contributed by atoms with Gasteiger partial charge >= 0.3 is 0 Å². The van der Waals surface area contributed by atoms with Crippen LogP contribution in [0.4, 0.5) is 0 Å². The number of hydrazine groups is 1. The molecule has 6 nitrogen and oxygen atoms in total. The van der Waals surface area contributed by atoms with Crippen LogP contribution in [0.2, 0.25) is 0 Å². The third kappa shape index (κ3) is 4.02. The summed E-state index contributed by atoms with van der Waals surface area (Å²) < 4.78 is 6.05. The van der Waals surface area contributed by atoms with Crippen molar-refractivity contribution in [3.8, 4) is 11.5 Å². The topological polar surface area (TPSA) is 53.1 Å². The summed E-state index contributed by atoms with van der Waals surface area (Å²) in [6, 6.07) is 17.8. The Kier molecular flexibility index (Phi) is 5.18. The van der Waals surface area contributed by atoms with Crippen LogP contribution in [0.25, 0.3) is 0 Å². The lowest BCUT2D eigenvalue weighted by molar-refractivity contribution is -0.160. The van der Waals surface area contributed by atoms with E-state index in [1.807, 2.05) is 53.5 Å². The van der Waals surface area contributed by atoms with Crippen LogP contribution < -0.4 is 4.74 Å². The number of carbonyl (C=O) groups is 2. The second-order valence-corrected chi connectivity index (χ2v) is 6.85. The number of amides is 2. The molecule has 0 atom stereocenters. The number of piperazine rings is 1. The first-order valence-electron chi connectivity index (χ1n) is 9.34. The maximum absolute atomic E-state index is 11.9. The zero-order chi connectivity index (χ0) is 18.6. The van der Waals surface area contributed by atoms with Gasteiger partial charge in [0.05, 0.1) is 0 Å². The average Bonchev–Trinajstić information content (AvgIpc) is 3.03. The minimum Gasteiger partial charge on any atom is -0.457 e. The molecule has 2 heterocycles. The van der Waals surface area contributed by atoms with Crippen molar-refractivity contribution < 1.29 is 14.3 Å². The lowest BCUT2D eigenvalue weighted by Crippen LogP contribution is -2.55. The van der Waals surface area contributed by atoms with E-state index in [2.05, 4.69) is 11.0 Å². The normalized spacial score (nSPS) is 18.9. The van der Waals surface area contributed by atoms with Crippen molar-refractivity contribution in [2.45, 2.75) is 19.4 Å². The van der Waals surface area contributed by atoms with E-state index < -0.39 is 0 Å². The number of rotatable bonds is 5. The first-order chi connectivity index (χ1) is 13.2. The standard InChI is InChI=1S/C21H23N3O3/c25-20-10-11-21(26)24(20)23-14-12-22(13-15-23)16-17-6-4-5-9-19(17)27-18-7-2-1-3-8-18/h1-9H,10-16H2. The van der Waals surface area contributed by atoms with Crippen molar-refractivity contribution in [2.24, 2.45) is 0 Å². The van der Waals surface area contributed by atoms with Gasteiger partial charge in [-0.15, -0.1) is 0 Å². The van der Waals surface area contributed by atoms with Gasteiger partial charge in [-0.3, -0.25) is 14.5 Å². The Morgan fingerprint density at radius 3 is 2.11 bits per heavy atom. The SMILES string of the molecule is O=C1CCC(=O)N1N1CCN(Cc2ccccc2Oc2ccccc2)CC1. The lowest BCUT2D eigenvalue weighted by atomic mass is 10.1. The summed E-state index contributed by atoms with van der Waals surface area (Å²) in [4.78, 5) is 26.1. The van der Waals surface area contributed by atoms with Crippen LogP contribution in [0.15, 0.2) is 54.6 Å². The molecule has 0 unspecified atom stereocenters. The predicted octanol–water partition coefficient (Wildman–Crippen LogP) is 2.66. The van der Waals surface area contributed by atoms with Crippen LogP contribution in [0.3, 0.4) is 0 Å². The quantitative estimate of drug-likeness (QED) is 0.763. The Morgan fingerprint density at radius 1 is 0.778 bits per heavy atom. The summed E-state index contributed by atoms with van der Waals surface area (Å²) in [5.41, 5.74) is 1.13. The van der Waals surface area contributed by atoms with Crippen LogP contribution in [0.5, 0.6) is 11.5 Å². The summed E-state index contributed by atoms with van der Waals surface area (Å²) in [5.74, 6) is 1.53. The predicted molar refractivity (Wildman–Crippen MR) is 101 cm³/mol. The molecule has 0 bridgehead atoms. The fourth-order valence-electron chi connectivity index (χ4n) is 3.57. The molecule has 2 saturated heterocycles. The molecule has 0 aromatic heterocycles. The van der Waals surface area contributed by atoms with Gasteiger partial charge in [-0.1, -0.05) is 36.4 Å². The molecule has 0 spiro atoms. The van der Waals surface area contributed by atoms with E-state index in [1.54, 1.807) is 0 Å². The van der Waals surface area contributed by atoms with E-state index in [0.717, 1.165) is 36.7 Å². The van der Waals surface area contributed by atoms with E-state index in [0.29, 0.717) is 25.9 Å². The van der Waals surface area contributed by atoms with E-state index in [1.165, 1.54) is 5.01 Å². The highest BCUT2D eigenvalue weighted by Crippen LogP contribution is 2.26. The van der Waals surface area contributed by atoms with Gasteiger partial charge in [-0.25, -0.2) is 10.0 Å². The number of para-hydroxylation sites is 2. The molecule has 2 aliphatic rings. The minimum absolute atomic E-state index is 0.0740. The number of imide groups is 1. The molecule has 0 N–H and O–H groups in total. The van der Waals surface area contributed by atoms with Crippen molar-refractivity contribution in [1.82, 2.24) is 14.9 Å². The number of ether oxygens (including phenoxy) is 1. The summed E-state index contributed by atoms with van der Waals surface area (Å²) in [5, 5.41) is 3.24. The molecule has 27 heavy (non-hydrogen) atoms. The van der Waals surface area contributed by atoms with Gasteiger partial charge < -0.3 is 4.74 Å². The molecular weight excluding hydrogens is 342 g/mol. The molecule has 2 amide bonds. The molecule has 2 aromatic rings. The monoisotopic (exact) mass is 365 g/mol. The third-order valence-electron chi connectivity index (χ3n) is 4.99. The zero-order valence-corrected chi connectivity index (χ0v) is 15.2. The van der Waals surface area contributed by atoms with Gasteiger partial charge in [0.25, 0.3) is 0 Å². The Balaban J connectivity index is 1.38. The van der Waals surface area contributed by atoms with Crippen molar-refractivity contribution in [3.05, 3.63) is 60.2 Å². The average molecular weight is 365 g/mol. The van der Waals surface area contributed by atoms with E-state index >= 15 is 0 Å². The molecule has 0 radical (unpaired) electrons. The third-order valence-corrected chi connectivity index (χ3v) is 4.99. The van der Waals surface area contributed by atoms with Gasteiger partial charge in [-0.05, 0) is 18.2 Å². The van der Waals surface area contributed by atoms with E-state index in [4.69, 9.17) is 4.74 Å². The molecular formula is C21H23N3O3. The number of benzene rings is 2. The Labute approximate surface area is 158 Å². The maximum atomic E-state index is 11.9. The number of carbonyl (C=O) groups excluding carboxylic acids is 2. The van der Waals surface area contributed by atoms with Gasteiger partial charge in [-0.2, -0.15) is 0 Å². The van der Waals surface area contributed by atoms with Crippen LogP contribution >= 0.6 is 0 Å². The zero-order valence-electron chi connectivity index (χ0n) is 15.2. The first kappa shape index (κ1) is 17.7. The van der Waals surface area contributed by atoms with Crippen molar-refractivity contribution >= 4 is 11.8 Å². The highest BCUT2D eigenvalue weighted by molar-refractivity contribution is 6.01. The summed E-state index contributed by atoms with van der Waals surface area (Å²) in [6.45, 7) is 3.74. The molecule has 140 valence electrons. The second kappa shape index (κ2) is 7.90. The largest absolute Gasteiger partial charge is 0.457 e. The molecule has 4 rings (SSSR count). The molecule has 0 saturated carbocycles. The fourth-order valence-corrected chi connectivity index (χ4v) is 3.57.